The van der Waals surface area contributed by atoms with E-state index in [-0.39, 0.29) is 0 Å². The molecule has 0 spiro atoms. The molecule has 0 aliphatic carbocycles. The fourth-order valence-electron chi connectivity index (χ4n) is 2.58. The molecule has 0 amide bonds. The zero-order chi connectivity index (χ0) is 15.8. The van der Waals surface area contributed by atoms with E-state index in [1.807, 2.05) is 0 Å². The highest BCUT2D eigenvalue weighted by molar-refractivity contribution is 4.50. The molecule has 0 heterocycles. The van der Waals surface area contributed by atoms with Gasteiger partial charge < -0.3 is 15.4 Å². The van der Waals surface area contributed by atoms with Gasteiger partial charge >= 0.3 is 0 Å². The Balaban J connectivity index is 3.03. The lowest BCUT2D eigenvalue weighted by atomic mass is 10.0. The summed E-state index contributed by atoms with van der Waals surface area (Å²) in [7, 11) is 0. The largest absolute Gasteiger partial charge is 0.354 e. The van der Waals surface area contributed by atoms with Gasteiger partial charge in [-0.05, 0) is 6.42 Å². The van der Waals surface area contributed by atoms with Gasteiger partial charge in [-0.25, -0.2) is 0 Å². The van der Waals surface area contributed by atoms with Gasteiger partial charge in [-0.2, -0.15) is 0 Å². The standard InChI is InChI=1S/C17H37NO3/c1-2-3-4-5-6-7-8-9-10-11-12-13-14-15-16-18(21)17(19)20/h17,19-21H,2-16H2,1H3. The lowest BCUT2D eigenvalue weighted by Gasteiger charge is -2.15. The van der Waals surface area contributed by atoms with Crippen LogP contribution in [0.4, 0.5) is 0 Å². The van der Waals surface area contributed by atoms with E-state index in [1.54, 1.807) is 0 Å². The maximum absolute atomic E-state index is 9.05. The molecule has 0 aromatic heterocycles. The van der Waals surface area contributed by atoms with Crippen molar-refractivity contribution in [2.24, 2.45) is 0 Å². The second-order valence-electron chi connectivity index (χ2n) is 6.11. The molecule has 4 heteroatoms. The van der Waals surface area contributed by atoms with Crippen molar-refractivity contribution in [1.82, 2.24) is 5.06 Å². The van der Waals surface area contributed by atoms with Crippen LogP contribution in [0.15, 0.2) is 0 Å². The predicted molar refractivity (Wildman–Crippen MR) is 87.0 cm³/mol. The normalized spacial score (nSPS) is 11.7. The number of hydrogen-bond acceptors (Lipinski definition) is 4. The molecule has 0 unspecified atom stereocenters. The van der Waals surface area contributed by atoms with Crippen molar-refractivity contribution in [3.63, 3.8) is 0 Å². The Hall–Kier alpha value is -0.160. The number of unbranched alkanes of at least 4 members (excludes halogenated alkanes) is 13. The molecule has 0 aliphatic rings. The summed E-state index contributed by atoms with van der Waals surface area (Å²) in [5.41, 5.74) is 0. The zero-order valence-corrected chi connectivity index (χ0v) is 14.0. The Morgan fingerprint density at radius 1 is 0.619 bits per heavy atom. The molecule has 3 N–H and O–H groups in total. The molecule has 0 saturated carbocycles. The van der Waals surface area contributed by atoms with Crippen molar-refractivity contribution in [2.45, 2.75) is 103 Å². The Bertz CT molecular complexity index is 200. The van der Waals surface area contributed by atoms with E-state index in [1.165, 1.54) is 77.0 Å². The summed E-state index contributed by atoms with van der Waals surface area (Å²) >= 11 is 0. The first-order chi connectivity index (χ1) is 10.2. The quantitative estimate of drug-likeness (QED) is 0.224. The Labute approximate surface area is 131 Å². The maximum atomic E-state index is 9.05. The van der Waals surface area contributed by atoms with Crippen molar-refractivity contribution < 1.29 is 15.4 Å². The second-order valence-corrected chi connectivity index (χ2v) is 6.11. The third-order valence-corrected chi connectivity index (χ3v) is 4.01. The first-order valence-electron chi connectivity index (χ1n) is 9.00. The lowest BCUT2D eigenvalue weighted by Crippen LogP contribution is -2.32. The average Bonchev–Trinajstić information content (AvgIpc) is 2.47. The Kier molecular flexibility index (Phi) is 16.1. The third-order valence-electron chi connectivity index (χ3n) is 4.01. The van der Waals surface area contributed by atoms with E-state index in [9.17, 15) is 0 Å². The van der Waals surface area contributed by atoms with Gasteiger partial charge in [0.25, 0.3) is 0 Å². The molecule has 0 fully saturated rings. The van der Waals surface area contributed by atoms with E-state index >= 15 is 0 Å². The van der Waals surface area contributed by atoms with Crippen molar-refractivity contribution in [3.05, 3.63) is 0 Å². The summed E-state index contributed by atoms with van der Waals surface area (Å²) in [5.74, 6) is 0. The van der Waals surface area contributed by atoms with Gasteiger partial charge in [0.1, 0.15) is 0 Å². The average molecular weight is 303 g/mol. The number of nitrogens with zero attached hydrogens (tertiary/aromatic N) is 1. The minimum Gasteiger partial charge on any atom is -0.354 e. The number of hydroxylamine groups is 2. The van der Waals surface area contributed by atoms with Gasteiger partial charge in [-0.15, -0.1) is 5.06 Å². The van der Waals surface area contributed by atoms with E-state index in [0.717, 1.165) is 12.8 Å². The summed E-state index contributed by atoms with van der Waals surface area (Å²) in [6.45, 7) is 2.59. The van der Waals surface area contributed by atoms with Gasteiger partial charge in [-0.3, -0.25) is 0 Å². The summed E-state index contributed by atoms with van der Waals surface area (Å²) in [6, 6.07) is 0. The lowest BCUT2D eigenvalue weighted by molar-refractivity contribution is -0.280. The molecular formula is C17H37NO3. The van der Waals surface area contributed by atoms with Gasteiger partial charge in [0, 0.05) is 6.54 Å². The molecule has 0 rings (SSSR count). The summed E-state index contributed by atoms with van der Waals surface area (Å²) in [4.78, 5) is 0. The highest BCUT2D eigenvalue weighted by Crippen LogP contribution is 2.13. The van der Waals surface area contributed by atoms with Crippen LogP contribution in [0.1, 0.15) is 96.8 Å². The van der Waals surface area contributed by atoms with Gasteiger partial charge in [0.2, 0.25) is 6.41 Å². The second kappa shape index (κ2) is 16.2. The van der Waals surface area contributed by atoms with Crippen LogP contribution in [0, 0.1) is 0 Å². The van der Waals surface area contributed by atoms with E-state index in [0.29, 0.717) is 11.6 Å². The fourth-order valence-corrected chi connectivity index (χ4v) is 2.58. The smallest absolute Gasteiger partial charge is 0.235 e. The summed E-state index contributed by atoms with van der Waals surface area (Å²) in [5, 5.41) is 26.9. The number of aliphatic hydroxyl groups excluding tert-OH is 1. The maximum Gasteiger partial charge on any atom is 0.235 e. The Morgan fingerprint density at radius 3 is 1.29 bits per heavy atom. The van der Waals surface area contributed by atoms with Crippen molar-refractivity contribution >= 4 is 0 Å². The number of rotatable bonds is 16. The molecule has 0 atom stereocenters. The first-order valence-corrected chi connectivity index (χ1v) is 9.00. The molecule has 0 aliphatic heterocycles. The first kappa shape index (κ1) is 20.8. The molecule has 0 bridgehead atoms. The van der Waals surface area contributed by atoms with Crippen LogP contribution in [0.5, 0.6) is 0 Å². The molecule has 21 heavy (non-hydrogen) atoms. The molecule has 4 nitrogen and oxygen atoms in total. The van der Waals surface area contributed by atoms with Crippen molar-refractivity contribution in [3.8, 4) is 0 Å². The third kappa shape index (κ3) is 16.0. The highest BCUT2D eigenvalue weighted by atomic mass is 16.6. The SMILES string of the molecule is CCCCCCCCCCCCCCCCN(O)C(O)O. The summed E-state index contributed by atoms with van der Waals surface area (Å²) < 4.78 is 0. The van der Waals surface area contributed by atoms with Crippen LogP contribution in [-0.2, 0) is 0 Å². The summed E-state index contributed by atoms with van der Waals surface area (Å²) in [6.07, 6.45) is 16.3. The topological polar surface area (TPSA) is 63.9 Å². The van der Waals surface area contributed by atoms with Gasteiger partial charge in [0.15, 0.2) is 0 Å². The molecule has 0 saturated heterocycles. The number of aliphatic hydroxyl groups is 2. The minimum atomic E-state index is -1.74. The van der Waals surface area contributed by atoms with Crippen LogP contribution >= 0.6 is 0 Å². The van der Waals surface area contributed by atoms with Crippen LogP contribution in [0.25, 0.3) is 0 Å². The predicted octanol–water partition coefficient (Wildman–Crippen LogP) is 4.43. The van der Waals surface area contributed by atoms with Crippen LogP contribution in [0.2, 0.25) is 0 Å². The molecule has 0 aromatic rings. The Morgan fingerprint density at radius 2 is 0.952 bits per heavy atom. The van der Waals surface area contributed by atoms with Crippen LogP contribution < -0.4 is 0 Å². The van der Waals surface area contributed by atoms with E-state index in [2.05, 4.69) is 6.92 Å². The van der Waals surface area contributed by atoms with Gasteiger partial charge in [0.05, 0.1) is 0 Å². The monoisotopic (exact) mass is 303 g/mol. The highest BCUT2D eigenvalue weighted by Gasteiger charge is 2.06. The zero-order valence-electron chi connectivity index (χ0n) is 14.0. The van der Waals surface area contributed by atoms with Crippen LogP contribution in [-0.4, -0.2) is 33.4 Å². The van der Waals surface area contributed by atoms with Crippen LogP contribution in [0.3, 0.4) is 0 Å². The van der Waals surface area contributed by atoms with E-state index in [4.69, 9.17) is 15.4 Å². The van der Waals surface area contributed by atoms with Gasteiger partial charge in [-0.1, -0.05) is 90.4 Å². The minimum absolute atomic E-state index is 0.329. The molecule has 128 valence electrons. The van der Waals surface area contributed by atoms with E-state index < -0.39 is 6.41 Å². The fraction of sp³-hybridized carbons (Fsp3) is 1.00. The van der Waals surface area contributed by atoms with Crippen molar-refractivity contribution in [2.75, 3.05) is 6.54 Å². The van der Waals surface area contributed by atoms with Crippen molar-refractivity contribution in [1.29, 1.82) is 0 Å². The molecule has 0 aromatic carbocycles. The molecule has 0 radical (unpaired) electrons. The number of hydrogen-bond donors (Lipinski definition) is 3. The molecular weight excluding hydrogens is 266 g/mol.